The molecule has 0 spiro atoms. The molecule has 0 saturated carbocycles. The topological polar surface area (TPSA) is 87.5 Å². The lowest BCUT2D eigenvalue weighted by atomic mass is 10.1. The van der Waals surface area contributed by atoms with Crippen LogP contribution < -0.4 is 15.5 Å². The van der Waals surface area contributed by atoms with Crippen molar-refractivity contribution in [3.63, 3.8) is 0 Å². The van der Waals surface area contributed by atoms with E-state index in [0.717, 1.165) is 16.9 Å². The molecular weight excluding hydrogens is 356 g/mol. The number of carbonyl (C=O) groups excluding carboxylic acids is 2. The number of hydrogen-bond acceptors (Lipinski definition) is 5. The third kappa shape index (κ3) is 3.59. The van der Waals surface area contributed by atoms with Gasteiger partial charge in [-0.25, -0.2) is 0 Å². The Bertz CT molecular complexity index is 1000. The number of hydrogen-bond donors (Lipinski definition) is 2. The van der Waals surface area contributed by atoms with Gasteiger partial charge in [-0.1, -0.05) is 47.6 Å². The maximum atomic E-state index is 12.7. The molecule has 1 aliphatic heterocycles. The van der Waals surface area contributed by atoms with Gasteiger partial charge in [0, 0.05) is 26.1 Å². The minimum absolute atomic E-state index is 0.156. The molecule has 2 aromatic carbocycles. The van der Waals surface area contributed by atoms with Crippen LogP contribution in [-0.2, 0) is 11.2 Å². The molecule has 0 unspecified atom stereocenters. The zero-order valence-electron chi connectivity index (χ0n) is 15.4. The van der Waals surface area contributed by atoms with Gasteiger partial charge >= 0.3 is 0 Å². The number of nitrogens with zero attached hydrogens (tertiary/aromatic N) is 2. The Morgan fingerprint density at radius 2 is 1.96 bits per heavy atom. The largest absolute Gasteiger partial charge is 0.381 e. The van der Waals surface area contributed by atoms with Crippen molar-refractivity contribution in [2.75, 3.05) is 23.8 Å². The molecule has 7 nitrogen and oxygen atoms in total. The molecule has 2 heterocycles. The van der Waals surface area contributed by atoms with Gasteiger partial charge in [-0.3, -0.25) is 9.59 Å². The predicted molar refractivity (Wildman–Crippen MR) is 105 cm³/mol. The second kappa shape index (κ2) is 7.56. The standard InChI is InChI=1S/C21H20N4O3/c1-25-19-10-6-5-9-16(19)22-13-18(21(25)27)23-20(26)17-12-15(28-24-17)11-14-7-3-2-4-8-14/h2-10,12,18,22H,11,13H2,1H3,(H,23,26)/t18-/m1/s1. The Labute approximate surface area is 162 Å². The second-order valence-electron chi connectivity index (χ2n) is 6.66. The molecule has 0 bridgehead atoms. The van der Waals surface area contributed by atoms with E-state index in [-0.39, 0.29) is 11.6 Å². The highest BCUT2D eigenvalue weighted by molar-refractivity contribution is 6.04. The average molecular weight is 376 g/mol. The van der Waals surface area contributed by atoms with Crippen molar-refractivity contribution in [3.05, 3.63) is 77.7 Å². The summed E-state index contributed by atoms with van der Waals surface area (Å²) in [5.74, 6) is -0.0486. The Hall–Kier alpha value is -3.61. The first-order chi connectivity index (χ1) is 13.6. The molecular formula is C21H20N4O3. The van der Waals surface area contributed by atoms with Gasteiger partial charge in [0.2, 0.25) is 0 Å². The molecule has 28 heavy (non-hydrogen) atoms. The van der Waals surface area contributed by atoms with Crippen LogP contribution in [0.15, 0.2) is 65.2 Å². The molecule has 142 valence electrons. The Morgan fingerprint density at radius 1 is 1.21 bits per heavy atom. The number of aromatic nitrogens is 1. The van der Waals surface area contributed by atoms with Crippen LogP contribution in [0.2, 0.25) is 0 Å². The maximum Gasteiger partial charge on any atom is 0.274 e. The van der Waals surface area contributed by atoms with E-state index >= 15 is 0 Å². The monoisotopic (exact) mass is 376 g/mol. The summed E-state index contributed by atoms with van der Waals surface area (Å²) < 4.78 is 5.28. The van der Waals surface area contributed by atoms with Crippen molar-refractivity contribution in [1.29, 1.82) is 0 Å². The summed E-state index contributed by atoms with van der Waals surface area (Å²) in [5.41, 5.74) is 2.84. The summed E-state index contributed by atoms with van der Waals surface area (Å²) in [5, 5.41) is 9.81. The maximum absolute atomic E-state index is 12.7. The molecule has 1 atom stereocenters. The van der Waals surface area contributed by atoms with E-state index in [0.29, 0.717) is 18.7 Å². The fourth-order valence-electron chi connectivity index (χ4n) is 3.21. The summed E-state index contributed by atoms with van der Waals surface area (Å²) in [6.07, 6.45) is 0.545. The number of para-hydroxylation sites is 2. The number of fused-ring (bicyclic) bond motifs is 1. The SMILES string of the molecule is CN1C(=O)[C@H](NC(=O)c2cc(Cc3ccccc3)on2)CNc2ccccc21. The van der Waals surface area contributed by atoms with Crippen LogP contribution in [-0.4, -0.2) is 36.6 Å². The van der Waals surface area contributed by atoms with Crippen LogP contribution in [0, 0.1) is 0 Å². The normalized spacial score (nSPS) is 16.1. The number of benzene rings is 2. The number of rotatable bonds is 4. The van der Waals surface area contributed by atoms with Crippen LogP contribution in [0.1, 0.15) is 21.8 Å². The van der Waals surface area contributed by atoms with Gasteiger partial charge in [-0.05, 0) is 17.7 Å². The van der Waals surface area contributed by atoms with E-state index in [1.165, 1.54) is 0 Å². The van der Waals surface area contributed by atoms with Crippen molar-refractivity contribution in [3.8, 4) is 0 Å². The quantitative estimate of drug-likeness (QED) is 0.730. The first-order valence-electron chi connectivity index (χ1n) is 9.02. The molecule has 1 aliphatic rings. The van der Waals surface area contributed by atoms with Gasteiger partial charge in [-0.2, -0.15) is 0 Å². The lowest BCUT2D eigenvalue weighted by molar-refractivity contribution is -0.119. The molecule has 0 radical (unpaired) electrons. The van der Waals surface area contributed by atoms with Gasteiger partial charge < -0.3 is 20.1 Å². The number of amides is 2. The van der Waals surface area contributed by atoms with Gasteiger partial charge in [0.15, 0.2) is 5.69 Å². The van der Waals surface area contributed by atoms with E-state index in [1.807, 2.05) is 54.6 Å². The fraction of sp³-hybridized carbons (Fsp3) is 0.190. The van der Waals surface area contributed by atoms with E-state index in [2.05, 4.69) is 15.8 Å². The lowest BCUT2D eigenvalue weighted by Crippen LogP contribution is -2.49. The van der Waals surface area contributed by atoms with E-state index in [4.69, 9.17) is 4.52 Å². The van der Waals surface area contributed by atoms with Crippen LogP contribution in [0.4, 0.5) is 11.4 Å². The van der Waals surface area contributed by atoms with Crippen molar-refractivity contribution in [1.82, 2.24) is 10.5 Å². The van der Waals surface area contributed by atoms with Gasteiger partial charge in [0.1, 0.15) is 11.8 Å². The minimum Gasteiger partial charge on any atom is -0.381 e. The number of nitrogens with one attached hydrogen (secondary N) is 2. The van der Waals surface area contributed by atoms with Crippen molar-refractivity contribution in [2.24, 2.45) is 0 Å². The summed E-state index contributed by atoms with van der Waals surface area (Å²) in [7, 11) is 1.70. The van der Waals surface area contributed by atoms with Crippen LogP contribution in [0.25, 0.3) is 0 Å². The number of likely N-dealkylation sites (N-methyl/N-ethyl adjacent to an activating group) is 1. The molecule has 3 aromatic rings. The van der Waals surface area contributed by atoms with Gasteiger partial charge in [0.05, 0.1) is 11.4 Å². The number of carbonyl (C=O) groups is 2. The molecule has 1 aromatic heterocycles. The molecule has 4 rings (SSSR count). The highest BCUT2D eigenvalue weighted by atomic mass is 16.5. The minimum atomic E-state index is -0.709. The Balaban J connectivity index is 1.45. The zero-order chi connectivity index (χ0) is 19.5. The Kier molecular flexibility index (Phi) is 4.80. The smallest absolute Gasteiger partial charge is 0.274 e. The summed E-state index contributed by atoms with van der Waals surface area (Å²) in [4.78, 5) is 26.9. The van der Waals surface area contributed by atoms with E-state index < -0.39 is 11.9 Å². The number of anilines is 2. The molecule has 7 heteroatoms. The van der Waals surface area contributed by atoms with E-state index in [1.54, 1.807) is 18.0 Å². The van der Waals surface area contributed by atoms with Crippen LogP contribution in [0.5, 0.6) is 0 Å². The highest BCUT2D eigenvalue weighted by Gasteiger charge is 2.30. The summed E-state index contributed by atoms with van der Waals surface area (Å²) in [6.45, 7) is 0.292. The first kappa shape index (κ1) is 17.8. The highest BCUT2D eigenvalue weighted by Crippen LogP contribution is 2.27. The predicted octanol–water partition coefficient (Wildman–Crippen LogP) is 2.45. The van der Waals surface area contributed by atoms with Gasteiger partial charge in [-0.15, -0.1) is 0 Å². The van der Waals surface area contributed by atoms with Gasteiger partial charge in [0.25, 0.3) is 11.8 Å². The van der Waals surface area contributed by atoms with Crippen LogP contribution in [0.3, 0.4) is 0 Å². The third-order valence-electron chi connectivity index (χ3n) is 4.71. The molecule has 0 saturated heterocycles. The summed E-state index contributed by atoms with van der Waals surface area (Å²) >= 11 is 0. The van der Waals surface area contributed by atoms with Crippen molar-refractivity contribution in [2.45, 2.75) is 12.5 Å². The second-order valence-corrected chi connectivity index (χ2v) is 6.66. The molecule has 2 amide bonds. The average Bonchev–Trinajstić information content (AvgIpc) is 3.15. The fourth-order valence-corrected chi connectivity index (χ4v) is 3.21. The lowest BCUT2D eigenvalue weighted by Gasteiger charge is -2.20. The van der Waals surface area contributed by atoms with E-state index in [9.17, 15) is 9.59 Å². The molecule has 2 N–H and O–H groups in total. The summed E-state index contributed by atoms with van der Waals surface area (Å²) in [6, 6.07) is 18.2. The van der Waals surface area contributed by atoms with Crippen LogP contribution >= 0.6 is 0 Å². The third-order valence-corrected chi connectivity index (χ3v) is 4.71. The van der Waals surface area contributed by atoms with Crippen molar-refractivity contribution >= 4 is 23.2 Å². The molecule has 0 fully saturated rings. The zero-order valence-corrected chi connectivity index (χ0v) is 15.4. The molecule has 0 aliphatic carbocycles. The Morgan fingerprint density at radius 3 is 2.79 bits per heavy atom. The first-order valence-corrected chi connectivity index (χ1v) is 9.02. The van der Waals surface area contributed by atoms with Crippen molar-refractivity contribution < 1.29 is 14.1 Å².